The summed E-state index contributed by atoms with van der Waals surface area (Å²) in [6.07, 6.45) is 5.10. The van der Waals surface area contributed by atoms with Crippen molar-refractivity contribution in [1.82, 2.24) is 10.6 Å². The SMILES string of the molecule is N#CC1(NC(=O)CNC(CCO)c2ccccc2)CCCCC1. The number of carbonyl (C=O) groups is 1. The highest BCUT2D eigenvalue weighted by Crippen LogP contribution is 2.27. The maximum Gasteiger partial charge on any atom is 0.235 e. The average Bonchev–Trinajstić information content (AvgIpc) is 2.60. The van der Waals surface area contributed by atoms with Gasteiger partial charge in [0, 0.05) is 12.6 Å². The molecule has 0 spiro atoms. The minimum absolute atomic E-state index is 0.0519. The van der Waals surface area contributed by atoms with Crippen molar-refractivity contribution < 1.29 is 9.90 Å². The number of benzene rings is 1. The molecule has 0 radical (unpaired) electrons. The summed E-state index contributed by atoms with van der Waals surface area (Å²) in [4.78, 5) is 12.2. The van der Waals surface area contributed by atoms with Crippen molar-refractivity contribution in [3.05, 3.63) is 35.9 Å². The van der Waals surface area contributed by atoms with Crippen LogP contribution in [0.1, 0.15) is 50.1 Å². The summed E-state index contributed by atoms with van der Waals surface area (Å²) in [6, 6.07) is 12.0. The van der Waals surface area contributed by atoms with Crippen molar-refractivity contribution in [3.63, 3.8) is 0 Å². The number of amides is 1. The van der Waals surface area contributed by atoms with Gasteiger partial charge in [0.05, 0.1) is 12.6 Å². The first kappa shape index (κ1) is 17.5. The predicted octanol–water partition coefficient (Wildman–Crippen LogP) is 2.04. The molecule has 3 N–H and O–H groups in total. The second-order valence-corrected chi connectivity index (χ2v) is 6.16. The third-order valence-electron chi connectivity index (χ3n) is 4.43. The van der Waals surface area contributed by atoms with Crippen LogP contribution in [0.3, 0.4) is 0 Å². The summed E-state index contributed by atoms with van der Waals surface area (Å²) < 4.78 is 0. The molecule has 2 rings (SSSR count). The van der Waals surface area contributed by atoms with Crippen molar-refractivity contribution in [2.45, 2.75) is 50.1 Å². The molecule has 0 heterocycles. The van der Waals surface area contributed by atoms with E-state index in [-0.39, 0.29) is 25.1 Å². The lowest BCUT2D eigenvalue weighted by Crippen LogP contribution is -2.51. The largest absolute Gasteiger partial charge is 0.396 e. The third-order valence-corrected chi connectivity index (χ3v) is 4.43. The standard InChI is InChI=1S/C18H25N3O2/c19-14-18(10-5-2-6-11-18)21-17(23)13-20-16(9-12-22)15-7-3-1-4-8-15/h1,3-4,7-8,16,20,22H,2,5-6,9-13H2,(H,21,23). The molecule has 0 saturated heterocycles. The Kier molecular flexibility index (Phi) is 6.57. The molecule has 1 fully saturated rings. The van der Waals surface area contributed by atoms with Gasteiger partial charge in [0.25, 0.3) is 0 Å². The fourth-order valence-corrected chi connectivity index (χ4v) is 3.15. The Hall–Kier alpha value is -1.90. The van der Waals surface area contributed by atoms with Crippen molar-refractivity contribution in [1.29, 1.82) is 5.26 Å². The number of hydrogen-bond donors (Lipinski definition) is 3. The van der Waals surface area contributed by atoms with Crippen LogP contribution in [-0.2, 0) is 4.79 Å². The van der Waals surface area contributed by atoms with Crippen LogP contribution in [0.15, 0.2) is 30.3 Å². The number of nitrogens with zero attached hydrogens (tertiary/aromatic N) is 1. The maximum absolute atomic E-state index is 12.2. The van der Waals surface area contributed by atoms with Gasteiger partial charge < -0.3 is 15.7 Å². The summed E-state index contributed by atoms with van der Waals surface area (Å²) in [6.45, 7) is 0.194. The summed E-state index contributed by atoms with van der Waals surface area (Å²) in [5, 5.41) is 24.7. The van der Waals surface area contributed by atoms with Gasteiger partial charge in [0.1, 0.15) is 5.54 Å². The predicted molar refractivity (Wildman–Crippen MR) is 88.5 cm³/mol. The molecule has 1 amide bonds. The van der Waals surface area contributed by atoms with Crippen LogP contribution in [0.2, 0.25) is 0 Å². The number of nitrogens with one attached hydrogen (secondary N) is 2. The third kappa shape index (κ3) is 5.05. The van der Waals surface area contributed by atoms with Gasteiger partial charge in [0.15, 0.2) is 0 Å². The van der Waals surface area contributed by atoms with Crippen LogP contribution < -0.4 is 10.6 Å². The number of carbonyl (C=O) groups excluding carboxylic acids is 1. The molecule has 5 heteroatoms. The van der Waals surface area contributed by atoms with Gasteiger partial charge in [0.2, 0.25) is 5.91 Å². The molecule has 5 nitrogen and oxygen atoms in total. The zero-order chi connectivity index (χ0) is 16.5. The Bertz CT molecular complexity index is 533. The molecule has 1 atom stereocenters. The lowest BCUT2D eigenvalue weighted by atomic mass is 9.83. The molecule has 1 unspecified atom stereocenters. The van der Waals surface area contributed by atoms with E-state index in [0.717, 1.165) is 37.7 Å². The molecule has 0 bridgehead atoms. The number of hydrogen-bond acceptors (Lipinski definition) is 4. The van der Waals surface area contributed by atoms with Crippen molar-refractivity contribution in [3.8, 4) is 6.07 Å². The summed E-state index contributed by atoms with van der Waals surface area (Å²) in [5.41, 5.74) is 0.345. The van der Waals surface area contributed by atoms with Crippen LogP contribution in [0.5, 0.6) is 0 Å². The Morgan fingerprint density at radius 3 is 2.57 bits per heavy atom. The molecular formula is C18H25N3O2. The van der Waals surface area contributed by atoms with Crippen molar-refractivity contribution >= 4 is 5.91 Å². The molecule has 1 saturated carbocycles. The number of nitriles is 1. The molecule has 1 aliphatic rings. The van der Waals surface area contributed by atoms with E-state index >= 15 is 0 Å². The first-order valence-electron chi connectivity index (χ1n) is 8.30. The monoisotopic (exact) mass is 315 g/mol. The quantitative estimate of drug-likeness (QED) is 0.719. The average molecular weight is 315 g/mol. The van der Waals surface area contributed by atoms with E-state index in [1.165, 1.54) is 0 Å². The first-order chi connectivity index (χ1) is 11.2. The lowest BCUT2D eigenvalue weighted by Gasteiger charge is -2.31. The number of rotatable bonds is 7. The molecule has 0 aromatic heterocycles. The van der Waals surface area contributed by atoms with Gasteiger partial charge in [-0.15, -0.1) is 0 Å². The highest BCUT2D eigenvalue weighted by Gasteiger charge is 2.33. The van der Waals surface area contributed by atoms with Crippen LogP contribution in [0.4, 0.5) is 0 Å². The van der Waals surface area contributed by atoms with Crippen molar-refractivity contribution in [2.24, 2.45) is 0 Å². The minimum atomic E-state index is -0.698. The Labute approximate surface area is 137 Å². The van der Waals surface area contributed by atoms with Crippen LogP contribution in [-0.4, -0.2) is 29.7 Å². The van der Waals surface area contributed by atoms with E-state index < -0.39 is 5.54 Å². The normalized spacial score (nSPS) is 17.9. The Balaban J connectivity index is 1.90. The highest BCUT2D eigenvalue weighted by molar-refractivity contribution is 5.79. The molecule has 124 valence electrons. The second-order valence-electron chi connectivity index (χ2n) is 6.16. The molecule has 1 aliphatic carbocycles. The van der Waals surface area contributed by atoms with E-state index in [0.29, 0.717) is 6.42 Å². The molecule has 23 heavy (non-hydrogen) atoms. The summed E-state index contributed by atoms with van der Waals surface area (Å²) >= 11 is 0. The van der Waals surface area contributed by atoms with E-state index in [4.69, 9.17) is 0 Å². The zero-order valence-electron chi connectivity index (χ0n) is 13.4. The molecule has 1 aromatic rings. The first-order valence-corrected chi connectivity index (χ1v) is 8.30. The maximum atomic E-state index is 12.2. The summed E-state index contributed by atoms with van der Waals surface area (Å²) in [7, 11) is 0. The van der Waals surface area contributed by atoms with E-state index in [2.05, 4.69) is 16.7 Å². The van der Waals surface area contributed by atoms with Gasteiger partial charge in [-0.2, -0.15) is 5.26 Å². The second kappa shape index (κ2) is 8.66. The Morgan fingerprint density at radius 2 is 1.96 bits per heavy atom. The van der Waals surface area contributed by atoms with Gasteiger partial charge in [-0.25, -0.2) is 0 Å². The van der Waals surface area contributed by atoms with Gasteiger partial charge >= 0.3 is 0 Å². The van der Waals surface area contributed by atoms with Crippen LogP contribution >= 0.6 is 0 Å². The molecule has 1 aromatic carbocycles. The Morgan fingerprint density at radius 1 is 1.26 bits per heavy atom. The number of aliphatic hydroxyl groups is 1. The zero-order valence-corrected chi connectivity index (χ0v) is 13.4. The lowest BCUT2D eigenvalue weighted by molar-refractivity contribution is -0.122. The van der Waals surface area contributed by atoms with E-state index in [1.807, 2.05) is 30.3 Å². The molecule has 0 aliphatic heterocycles. The fourth-order valence-electron chi connectivity index (χ4n) is 3.15. The summed E-state index contributed by atoms with van der Waals surface area (Å²) in [5.74, 6) is -0.160. The van der Waals surface area contributed by atoms with E-state index in [1.54, 1.807) is 0 Å². The highest BCUT2D eigenvalue weighted by atomic mass is 16.3. The fraction of sp³-hybridized carbons (Fsp3) is 0.556. The van der Waals surface area contributed by atoms with Gasteiger partial charge in [-0.05, 0) is 24.8 Å². The minimum Gasteiger partial charge on any atom is -0.396 e. The van der Waals surface area contributed by atoms with Gasteiger partial charge in [-0.1, -0.05) is 49.6 Å². The molecular weight excluding hydrogens is 290 g/mol. The topological polar surface area (TPSA) is 85.2 Å². The van der Waals surface area contributed by atoms with Gasteiger partial charge in [-0.3, -0.25) is 4.79 Å². The number of aliphatic hydroxyl groups excluding tert-OH is 1. The van der Waals surface area contributed by atoms with Crippen molar-refractivity contribution in [2.75, 3.05) is 13.2 Å². The smallest absolute Gasteiger partial charge is 0.235 e. The van der Waals surface area contributed by atoms with E-state index in [9.17, 15) is 15.2 Å². The van der Waals surface area contributed by atoms with Crippen LogP contribution in [0.25, 0.3) is 0 Å². The van der Waals surface area contributed by atoms with Crippen LogP contribution in [0, 0.1) is 11.3 Å².